The number of rotatable bonds is 5. The van der Waals surface area contributed by atoms with Crippen molar-refractivity contribution in [1.82, 2.24) is 5.32 Å². The molecular weight excluding hydrogens is 316 g/mol. The van der Waals surface area contributed by atoms with Gasteiger partial charge in [0.25, 0.3) is 0 Å². The number of benzene rings is 2. The van der Waals surface area contributed by atoms with Gasteiger partial charge in [0.1, 0.15) is 11.5 Å². The van der Waals surface area contributed by atoms with Crippen molar-refractivity contribution in [3.05, 3.63) is 53.6 Å². The summed E-state index contributed by atoms with van der Waals surface area (Å²) < 4.78 is 10.7. The number of urea groups is 1. The highest BCUT2D eigenvalue weighted by Crippen LogP contribution is 2.31. The maximum atomic E-state index is 12.6. The Kier molecular flexibility index (Phi) is 5.12. The highest BCUT2D eigenvalue weighted by atomic mass is 16.5. The molecule has 3 rings (SSSR count). The molecule has 2 aromatic rings. The largest absolute Gasteiger partial charge is 0.497 e. The fraction of sp³-hybridized carbons (Fsp3) is 0.350. The number of nitrogens with zero attached hydrogens (tertiary/aromatic N) is 1. The standard InChI is InChI=1S/C20H24N2O3/c1-14-12-15-6-4-5-7-18(15)22(14)20(23)21-11-10-16-13-17(24-2)8-9-19(16)25-3/h4-9,13-14H,10-12H2,1-3H3,(H,21,23). The molecule has 5 nitrogen and oxygen atoms in total. The summed E-state index contributed by atoms with van der Waals surface area (Å²) in [7, 11) is 3.28. The molecule has 25 heavy (non-hydrogen) atoms. The Morgan fingerprint density at radius 3 is 2.76 bits per heavy atom. The van der Waals surface area contributed by atoms with E-state index in [1.165, 1.54) is 5.56 Å². The van der Waals surface area contributed by atoms with Crippen LogP contribution in [0, 0.1) is 0 Å². The van der Waals surface area contributed by atoms with Crippen LogP contribution in [0.1, 0.15) is 18.1 Å². The molecule has 0 saturated carbocycles. The Hall–Kier alpha value is -2.69. The molecule has 2 amide bonds. The summed E-state index contributed by atoms with van der Waals surface area (Å²) in [6.45, 7) is 2.61. The number of hydrogen-bond donors (Lipinski definition) is 1. The van der Waals surface area contributed by atoms with Crippen LogP contribution < -0.4 is 19.7 Å². The van der Waals surface area contributed by atoms with Crippen molar-refractivity contribution in [3.8, 4) is 11.5 Å². The molecule has 1 aliphatic rings. The quantitative estimate of drug-likeness (QED) is 0.907. The van der Waals surface area contributed by atoms with Crippen molar-refractivity contribution >= 4 is 11.7 Å². The molecule has 0 spiro atoms. The zero-order chi connectivity index (χ0) is 17.8. The minimum Gasteiger partial charge on any atom is -0.497 e. The monoisotopic (exact) mass is 340 g/mol. The molecule has 0 bridgehead atoms. The van der Waals surface area contributed by atoms with E-state index >= 15 is 0 Å². The van der Waals surface area contributed by atoms with Crippen LogP contribution in [0.15, 0.2) is 42.5 Å². The fourth-order valence-electron chi connectivity index (χ4n) is 3.34. The van der Waals surface area contributed by atoms with E-state index in [1.54, 1.807) is 14.2 Å². The number of nitrogens with one attached hydrogen (secondary N) is 1. The molecule has 5 heteroatoms. The summed E-state index contributed by atoms with van der Waals surface area (Å²) >= 11 is 0. The summed E-state index contributed by atoms with van der Waals surface area (Å²) in [6, 6.07) is 13.9. The van der Waals surface area contributed by atoms with Crippen LogP contribution in [0.4, 0.5) is 10.5 Å². The Balaban J connectivity index is 1.64. The topological polar surface area (TPSA) is 50.8 Å². The lowest BCUT2D eigenvalue weighted by atomic mass is 10.1. The van der Waals surface area contributed by atoms with Crippen LogP contribution in [0.3, 0.4) is 0 Å². The number of methoxy groups -OCH3 is 2. The number of fused-ring (bicyclic) bond motifs is 1. The lowest BCUT2D eigenvalue weighted by Gasteiger charge is -2.23. The van der Waals surface area contributed by atoms with E-state index in [4.69, 9.17) is 9.47 Å². The second-order valence-corrected chi connectivity index (χ2v) is 6.21. The predicted octanol–water partition coefficient (Wildman–Crippen LogP) is 3.41. The Morgan fingerprint density at radius 1 is 1.20 bits per heavy atom. The number of carbonyl (C=O) groups is 1. The zero-order valence-electron chi connectivity index (χ0n) is 14.9. The van der Waals surface area contributed by atoms with E-state index in [0.717, 1.165) is 29.2 Å². The number of ether oxygens (including phenoxy) is 2. The van der Waals surface area contributed by atoms with E-state index in [2.05, 4.69) is 18.3 Å². The highest BCUT2D eigenvalue weighted by Gasteiger charge is 2.30. The maximum absolute atomic E-state index is 12.6. The predicted molar refractivity (Wildman–Crippen MR) is 98.7 cm³/mol. The lowest BCUT2D eigenvalue weighted by Crippen LogP contribution is -2.43. The van der Waals surface area contributed by atoms with Crippen LogP contribution in [0.2, 0.25) is 0 Å². The highest BCUT2D eigenvalue weighted by molar-refractivity contribution is 5.94. The molecule has 132 valence electrons. The fourth-order valence-corrected chi connectivity index (χ4v) is 3.34. The van der Waals surface area contributed by atoms with Gasteiger partial charge in [0.05, 0.1) is 14.2 Å². The van der Waals surface area contributed by atoms with Gasteiger partial charge in [-0.15, -0.1) is 0 Å². The van der Waals surface area contributed by atoms with E-state index in [-0.39, 0.29) is 12.1 Å². The summed E-state index contributed by atoms with van der Waals surface area (Å²) in [5.41, 5.74) is 3.24. The smallest absolute Gasteiger partial charge is 0.322 e. The van der Waals surface area contributed by atoms with Gasteiger partial charge in [-0.1, -0.05) is 18.2 Å². The van der Waals surface area contributed by atoms with Crippen molar-refractivity contribution in [2.45, 2.75) is 25.8 Å². The first kappa shape index (κ1) is 17.1. The minimum absolute atomic E-state index is 0.0562. The molecule has 1 atom stereocenters. The second-order valence-electron chi connectivity index (χ2n) is 6.21. The third-order valence-electron chi connectivity index (χ3n) is 4.58. The first-order valence-corrected chi connectivity index (χ1v) is 8.50. The van der Waals surface area contributed by atoms with Gasteiger partial charge in [-0.25, -0.2) is 4.79 Å². The second kappa shape index (κ2) is 7.47. The van der Waals surface area contributed by atoms with Gasteiger partial charge >= 0.3 is 6.03 Å². The average Bonchev–Trinajstić information content (AvgIpc) is 2.97. The van der Waals surface area contributed by atoms with Crippen molar-refractivity contribution in [2.75, 3.05) is 25.7 Å². The molecule has 0 radical (unpaired) electrons. The van der Waals surface area contributed by atoms with Gasteiger partial charge in [-0.05, 0) is 55.2 Å². The van der Waals surface area contributed by atoms with Crippen molar-refractivity contribution in [2.24, 2.45) is 0 Å². The van der Waals surface area contributed by atoms with E-state index in [9.17, 15) is 4.79 Å². The van der Waals surface area contributed by atoms with Crippen LogP contribution >= 0.6 is 0 Å². The first-order chi connectivity index (χ1) is 12.1. The number of amides is 2. The SMILES string of the molecule is COc1ccc(OC)c(CCNC(=O)N2c3ccccc3CC2C)c1. The van der Waals surface area contributed by atoms with Crippen LogP contribution in [0.25, 0.3) is 0 Å². The summed E-state index contributed by atoms with van der Waals surface area (Å²) in [5.74, 6) is 1.58. The third-order valence-corrected chi connectivity index (χ3v) is 4.58. The van der Waals surface area contributed by atoms with Crippen molar-refractivity contribution in [1.29, 1.82) is 0 Å². The molecule has 0 aromatic heterocycles. The van der Waals surface area contributed by atoms with Gasteiger partial charge in [0.15, 0.2) is 0 Å². The molecule has 2 aromatic carbocycles. The molecule has 1 unspecified atom stereocenters. The van der Waals surface area contributed by atoms with Gasteiger partial charge in [0, 0.05) is 18.3 Å². The first-order valence-electron chi connectivity index (χ1n) is 8.50. The summed E-state index contributed by atoms with van der Waals surface area (Å²) in [6.07, 6.45) is 1.57. The van der Waals surface area contributed by atoms with Gasteiger partial charge in [-0.2, -0.15) is 0 Å². The van der Waals surface area contributed by atoms with Crippen LogP contribution in [-0.2, 0) is 12.8 Å². The Bertz CT molecular complexity index is 760. The Labute approximate surface area is 148 Å². The van der Waals surface area contributed by atoms with E-state index in [0.29, 0.717) is 13.0 Å². The normalized spacial score (nSPS) is 15.6. The average molecular weight is 340 g/mol. The Morgan fingerprint density at radius 2 is 2.00 bits per heavy atom. The molecule has 0 fully saturated rings. The molecular formula is C20H24N2O3. The van der Waals surface area contributed by atoms with Gasteiger partial charge < -0.3 is 14.8 Å². The molecule has 1 heterocycles. The van der Waals surface area contributed by atoms with E-state index < -0.39 is 0 Å². The number of hydrogen-bond acceptors (Lipinski definition) is 3. The molecule has 0 aliphatic carbocycles. The number of anilines is 1. The maximum Gasteiger partial charge on any atom is 0.322 e. The molecule has 0 saturated heterocycles. The summed E-state index contributed by atoms with van der Waals surface area (Å²) in [4.78, 5) is 14.5. The number of para-hydroxylation sites is 1. The zero-order valence-corrected chi connectivity index (χ0v) is 14.9. The van der Waals surface area contributed by atoms with Gasteiger partial charge in [-0.3, -0.25) is 4.90 Å². The molecule has 1 N–H and O–H groups in total. The van der Waals surface area contributed by atoms with E-state index in [1.807, 2.05) is 41.3 Å². The minimum atomic E-state index is -0.0562. The van der Waals surface area contributed by atoms with Crippen molar-refractivity contribution in [3.63, 3.8) is 0 Å². The van der Waals surface area contributed by atoms with Crippen LogP contribution in [-0.4, -0.2) is 32.8 Å². The van der Waals surface area contributed by atoms with Crippen molar-refractivity contribution < 1.29 is 14.3 Å². The number of carbonyl (C=O) groups excluding carboxylic acids is 1. The third kappa shape index (κ3) is 3.55. The van der Waals surface area contributed by atoms with Gasteiger partial charge in [0.2, 0.25) is 0 Å². The van der Waals surface area contributed by atoms with Crippen LogP contribution in [0.5, 0.6) is 11.5 Å². The summed E-state index contributed by atoms with van der Waals surface area (Å²) in [5, 5.41) is 3.02. The lowest BCUT2D eigenvalue weighted by molar-refractivity contribution is 0.245. The molecule has 1 aliphatic heterocycles.